The monoisotopic (exact) mass is 462 g/mol. The molecule has 6 nitrogen and oxygen atoms in total. The van der Waals surface area contributed by atoms with Crippen LogP contribution in [0.5, 0.6) is 0 Å². The number of likely N-dealkylation sites (tertiary alicyclic amines) is 1. The first-order valence-corrected chi connectivity index (χ1v) is 11.5. The summed E-state index contributed by atoms with van der Waals surface area (Å²) in [6, 6.07) is 20.3. The first-order valence-electron chi connectivity index (χ1n) is 10.3. The Morgan fingerprint density at radius 1 is 1.00 bits per heavy atom. The van der Waals surface area contributed by atoms with Crippen LogP contribution >= 0.6 is 22.9 Å². The van der Waals surface area contributed by atoms with Crippen molar-refractivity contribution in [2.24, 2.45) is 0 Å². The summed E-state index contributed by atoms with van der Waals surface area (Å²) in [5.41, 5.74) is 1.42. The Bertz CT molecular complexity index is 1320. The number of benzene rings is 3. The molecule has 2 amide bonds. The summed E-state index contributed by atoms with van der Waals surface area (Å²) in [6.45, 7) is 0.549. The van der Waals surface area contributed by atoms with Gasteiger partial charge in [-0.3, -0.25) is 14.9 Å². The first-order chi connectivity index (χ1) is 15.6. The van der Waals surface area contributed by atoms with Gasteiger partial charge in [0.15, 0.2) is 0 Å². The zero-order valence-corrected chi connectivity index (χ0v) is 18.6. The van der Waals surface area contributed by atoms with E-state index in [4.69, 9.17) is 11.6 Å². The molecule has 32 heavy (non-hydrogen) atoms. The summed E-state index contributed by atoms with van der Waals surface area (Å²) in [5.74, 6) is -0.379. The number of nitrogens with one attached hydrogen (secondary N) is 1. The maximum absolute atomic E-state index is 13.2. The van der Waals surface area contributed by atoms with Crippen molar-refractivity contribution in [1.82, 2.24) is 15.1 Å². The van der Waals surface area contributed by atoms with E-state index in [1.807, 2.05) is 54.6 Å². The normalized spacial score (nSPS) is 15.8. The van der Waals surface area contributed by atoms with Gasteiger partial charge in [-0.2, -0.15) is 0 Å². The third-order valence-corrected chi connectivity index (χ3v) is 6.66. The number of halogens is 1. The fourth-order valence-electron chi connectivity index (χ4n) is 3.97. The Hall–Kier alpha value is -3.29. The third-order valence-electron chi connectivity index (χ3n) is 5.54. The zero-order valence-electron chi connectivity index (χ0n) is 17.0. The summed E-state index contributed by atoms with van der Waals surface area (Å²) in [4.78, 5) is 27.8. The second kappa shape index (κ2) is 8.68. The number of aromatic nitrogens is 2. The Morgan fingerprint density at radius 3 is 2.69 bits per heavy atom. The summed E-state index contributed by atoms with van der Waals surface area (Å²) < 4.78 is 0. The van der Waals surface area contributed by atoms with Crippen LogP contribution in [0.2, 0.25) is 5.02 Å². The number of amides is 2. The zero-order chi connectivity index (χ0) is 22.1. The predicted octanol–water partition coefficient (Wildman–Crippen LogP) is 5.26. The molecule has 1 atom stereocenters. The number of carbonyl (C=O) groups is 2. The summed E-state index contributed by atoms with van der Waals surface area (Å²) >= 11 is 7.32. The Labute approximate surface area is 193 Å². The van der Waals surface area contributed by atoms with Crippen LogP contribution in [0.25, 0.3) is 21.3 Å². The molecule has 1 N–H and O–H groups in total. The highest BCUT2D eigenvalue weighted by atomic mass is 35.5. The molecule has 1 aliphatic rings. The average molecular weight is 463 g/mol. The maximum atomic E-state index is 13.2. The van der Waals surface area contributed by atoms with Gasteiger partial charge in [-0.05, 0) is 47.9 Å². The van der Waals surface area contributed by atoms with Crippen molar-refractivity contribution in [3.63, 3.8) is 0 Å². The van der Waals surface area contributed by atoms with E-state index in [0.29, 0.717) is 33.7 Å². The molecule has 1 fully saturated rings. The van der Waals surface area contributed by atoms with Gasteiger partial charge in [-0.25, -0.2) is 0 Å². The number of fused-ring (bicyclic) bond motifs is 1. The Kier molecular flexibility index (Phi) is 5.59. The van der Waals surface area contributed by atoms with Gasteiger partial charge < -0.3 is 4.90 Å². The van der Waals surface area contributed by atoms with Crippen LogP contribution in [0.3, 0.4) is 0 Å². The van der Waals surface area contributed by atoms with Crippen LogP contribution < -0.4 is 5.32 Å². The van der Waals surface area contributed by atoms with Gasteiger partial charge in [-0.15, -0.1) is 10.2 Å². The number of carbonyl (C=O) groups excluding carboxylic acids is 2. The van der Waals surface area contributed by atoms with Crippen molar-refractivity contribution in [2.45, 2.75) is 18.9 Å². The van der Waals surface area contributed by atoms with Gasteiger partial charge in [0.1, 0.15) is 11.0 Å². The molecular weight excluding hydrogens is 444 g/mol. The molecule has 4 aromatic rings. The largest absolute Gasteiger partial charge is 0.327 e. The highest BCUT2D eigenvalue weighted by Gasteiger charge is 2.35. The quantitative estimate of drug-likeness (QED) is 0.449. The fraction of sp³-hybridized carbons (Fsp3) is 0.167. The van der Waals surface area contributed by atoms with E-state index in [9.17, 15) is 9.59 Å². The number of hydrogen-bond acceptors (Lipinski definition) is 5. The number of hydrogen-bond donors (Lipinski definition) is 1. The molecule has 1 aromatic heterocycles. The van der Waals surface area contributed by atoms with E-state index in [0.717, 1.165) is 22.8 Å². The van der Waals surface area contributed by atoms with E-state index in [2.05, 4.69) is 15.5 Å². The molecule has 160 valence electrons. The molecule has 8 heteroatoms. The predicted molar refractivity (Wildman–Crippen MR) is 127 cm³/mol. The van der Waals surface area contributed by atoms with Gasteiger partial charge in [0.25, 0.3) is 5.91 Å². The molecule has 1 saturated heterocycles. The van der Waals surface area contributed by atoms with Crippen LogP contribution in [-0.4, -0.2) is 39.5 Å². The maximum Gasteiger partial charge on any atom is 0.254 e. The molecule has 5 rings (SSSR count). The molecule has 0 aliphatic carbocycles. The summed E-state index contributed by atoms with van der Waals surface area (Å²) in [6.07, 6.45) is 1.40. The van der Waals surface area contributed by atoms with E-state index < -0.39 is 6.04 Å². The fourth-order valence-corrected chi connectivity index (χ4v) is 4.90. The minimum absolute atomic E-state index is 0.134. The van der Waals surface area contributed by atoms with Crippen molar-refractivity contribution in [3.8, 4) is 10.6 Å². The molecule has 1 aliphatic heterocycles. The standard InChI is InChI=1S/C24H19ClN4O2S/c25-19-8-3-7-17(14-19)22-27-28-24(32-22)26-21(30)20-9-4-12-29(20)23(31)18-11-10-15-5-1-2-6-16(15)13-18/h1-3,5-8,10-11,13-14,20H,4,9,12H2,(H,26,28,30). The molecule has 0 radical (unpaired) electrons. The number of nitrogens with zero attached hydrogens (tertiary/aromatic N) is 3. The van der Waals surface area contributed by atoms with E-state index >= 15 is 0 Å². The molecule has 2 heterocycles. The molecule has 0 spiro atoms. The van der Waals surface area contributed by atoms with E-state index in [1.165, 1.54) is 11.3 Å². The van der Waals surface area contributed by atoms with E-state index in [1.54, 1.807) is 17.0 Å². The number of anilines is 1. The molecular formula is C24H19ClN4O2S. The van der Waals surface area contributed by atoms with Crippen molar-refractivity contribution in [3.05, 3.63) is 77.3 Å². The summed E-state index contributed by atoms with van der Waals surface area (Å²) in [7, 11) is 0. The van der Waals surface area contributed by atoms with Crippen LogP contribution in [-0.2, 0) is 4.79 Å². The molecule has 3 aromatic carbocycles. The minimum Gasteiger partial charge on any atom is -0.327 e. The Morgan fingerprint density at radius 2 is 1.84 bits per heavy atom. The van der Waals surface area contributed by atoms with Gasteiger partial charge in [0.2, 0.25) is 11.0 Å². The van der Waals surface area contributed by atoms with Crippen molar-refractivity contribution in [2.75, 3.05) is 11.9 Å². The molecule has 0 saturated carbocycles. The lowest BCUT2D eigenvalue weighted by molar-refractivity contribution is -0.119. The van der Waals surface area contributed by atoms with Crippen LogP contribution in [0.1, 0.15) is 23.2 Å². The van der Waals surface area contributed by atoms with Crippen molar-refractivity contribution >= 4 is 50.7 Å². The minimum atomic E-state index is -0.535. The first kappa shape index (κ1) is 20.6. The highest BCUT2D eigenvalue weighted by Crippen LogP contribution is 2.29. The third kappa shape index (κ3) is 4.09. The topological polar surface area (TPSA) is 75.2 Å². The van der Waals surface area contributed by atoms with Gasteiger partial charge in [-0.1, -0.05) is 65.4 Å². The van der Waals surface area contributed by atoms with Gasteiger partial charge in [0, 0.05) is 22.7 Å². The lowest BCUT2D eigenvalue weighted by atomic mass is 10.1. The van der Waals surface area contributed by atoms with Crippen molar-refractivity contribution in [1.29, 1.82) is 0 Å². The molecule has 0 bridgehead atoms. The summed E-state index contributed by atoms with van der Waals surface area (Å²) in [5, 5.41) is 14.8. The lowest BCUT2D eigenvalue weighted by Crippen LogP contribution is -2.43. The average Bonchev–Trinajstić information content (AvgIpc) is 3.48. The van der Waals surface area contributed by atoms with E-state index in [-0.39, 0.29) is 11.8 Å². The van der Waals surface area contributed by atoms with Crippen LogP contribution in [0.4, 0.5) is 5.13 Å². The van der Waals surface area contributed by atoms with Gasteiger partial charge in [0.05, 0.1) is 0 Å². The van der Waals surface area contributed by atoms with Crippen LogP contribution in [0.15, 0.2) is 66.7 Å². The number of rotatable bonds is 4. The highest BCUT2D eigenvalue weighted by molar-refractivity contribution is 7.18. The second-order valence-electron chi connectivity index (χ2n) is 7.63. The SMILES string of the molecule is O=C(Nc1nnc(-c2cccc(Cl)c2)s1)C1CCCN1C(=O)c1ccc2ccccc2c1. The Balaban J connectivity index is 1.32. The van der Waals surface area contributed by atoms with Crippen LogP contribution in [0, 0.1) is 0 Å². The second-order valence-corrected chi connectivity index (χ2v) is 9.04. The lowest BCUT2D eigenvalue weighted by Gasteiger charge is -2.23. The van der Waals surface area contributed by atoms with Gasteiger partial charge >= 0.3 is 0 Å². The molecule has 1 unspecified atom stereocenters. The van der Waals surface area contributed by atoms with Crippen molar-refractivity contribution < 1.29 is 9.59 Å². The smallest absolute Gasteiger partial charge is 0.254 e.